The summed E-state index contributed by atoms with van der Waals surface area (Å²) in [7, 11) is 0. The topological polar surface area (TPSA) is 73.8 Å². The van der Waals surface area contributed by atoms with Gasteiger partial charge < -0.3 is 18.3 Å². The molecule has 2 saturated heterocycles. The lowest BCUT2D eigenvalue weighted by atomic mass is 10.2. The maximum absolute atomic E-state index is 5.79. The van der Waals surface area contributed by atoms with Gasteiger partial charge in [0, 0.05) is 26.3 Å². The fourth-order valence-electron chi connectivity index (χ4n) is 3.36. The average Bonchev–Trinajstić information content (AvgIpc) is 3.37. The summed E-state index contributed by atoms with van der Waals surface area (Å²) in [6.07, 6.45) is 6.69. The van der Waals surface area contributed by atoms with Crippen molar-refractivity contribution in [3.63, 3.8) is 0 Å². The predicted octanol–water partition coefficient (Wildman–Crippen LogP) is 2.49. The molecular weight excluding hydrogens is 310 g/mol. The molecule has 0 aromatic carbocycles. The molecule has 24 heavy (non-hydrogen) atoms. The van der Waals surface area contributed by atoms with Crippen molar-refractivity contribution >= 4 is 0 Å². The molecule has 0 bridgehead atoms. The third-order valence-corrected chi connectivity index (χ3v) is 4.53. The zero-order valence-corrected chi connectivity index (χ0v) is 13.7. The van der Waals surface area contributed by atoms with Gasteiger partial charge in [0.15, 0.2) is 5.76 Å². The van der Waals surface area contributed by atoms with Gasteiger partial charge in [-0.2, -0.15) is 0 Å². The lowest BCUT2D eigenvalue weighted by Crippen LogP contribution is -2.37. The molecule has 0 amide bonds. The van der Waals surface area contributed by atoms with Crippen molar-refractivity contribution in [2.24, 2.45) is 0 Å². The van der Waals surface area contributed by atoms with E-state index in [1.54, 1.807) is 12.3 Å². The van der Waals surface area contributed by atoms with Crippen LogP contribution in [0, 0.1) is 0 Å². The van der Waals surface area contributed by atoms with E-state index in [1.165, 1.54) is 0 Å². The lowest BCUT2D eigenvalue weighted by molar-refractivity contribution is 0.0316. The van der Waals surface area contributed by atoms with Gasteiger partial charge in [-0.15, -0.1) is 10.2 Å². The summed E-state index contributed by atoms with van der Waals surface area (Å²) in [4.78, 5) is 2.31. The quantitative estimate of drug-likeness (QED) is 0.770. The van der Waals surface area contributed by atoms with E-state index < -0.39 is 0 Å². The van der Waals surface area contributed by atoms with Crippen molar-refractivity contribution in [2.45, 2.75) is 44.4 Å². The number of hydrogen-bond donors (Lipinski definition) is 0. The Bertz CT molecular complexity index is 598. The molecule has 7 nitrogen and oxygen atoms in total. The van der Waals surface area contributed by atoms with Gasteiger partial charge in [0.05, 0.1) is 25.0 Å². The molecule has 2 fully saturated rings. The van der Waals surface area contributed by atoms with Gasteiger partial charge in [-0.05, 0) is 37.8 Å². The molecule has 2 atom stereocenters. The van der Waals surface area contributed by atoms with Crippen LogP contribution in [0.5, 0.6) is 0 Å². The smallest absolute Gasteiger partial charge is 0.283 e. The minimum Gasteiger partial charge on any atom is -0.459 e. The molecule has 0 saturated carbocycles. The molecule has 2 unspecified atom stereocenters. The van der Waals surface area contributed by atoms with Crippen LogP contribution in [0.1, 0.15) is 31.6 Å². The van der Waals surface area contributed by atoms with E-state index >= 15 is 0 Å². The Morgan fingerprint density at radius 3 is 2.38 bits per heavy atom. The highest BCUT2D eigenvalue weighted by molar-refractivity contribution is 5.42. The van der Waals surface area contributed by atoms with Crippen LogP contribution in [0.25, 0.3) is 11.7 Å². The van der Waals surface area contributed by atoms with E-state index in [2.05, 4.69) is 15.1 Å². The van der Waals surface area contributed by atoms with Crippen LogP contribution < -0.4 is 0 Å². The number of nitrogens with zero attached hydrogens (tertiary/aromatic N) is 3. The third kappa shape index (κ3) is 3.85. The van der Waals surface area contributed by atoms with E-state index in [-0.39, 0.29) is 0 Å². The molecule has 2 aliphatic heterocycles. The van der Waals surface area contributed by atoms with Crippen LogP contribution >= 0.6 is 0 Å². The summed E-state index contributed by atoms with van der Waals surface area (Å²) in [5.74, 6) is 1.61. The highest BCUT2D eigenvalue weighted by Crippen LogP contribution is 2.21. The first-order valence-corrected chi connectivity index (χ1v) is 8.68. The fraction of sp³-hybridized carbons (Fsp3) is 0.647. The van der Waals surface area contributed by atoms with Crippen LogP contribution in [-0.4, -0.2) is 53.6 Å². The summed E-state index contributed by atoms with van der Waals surface area (Å²) in [5, 5.41) is 8.24. The molecule has 0 radical (unpaired) electrons. The van der Waals surface area contributed by atoms with Crippen LogP contribution in [0.15, 0.2) is 27.2 Å². The zero-order chi connectivity index (χ0) is 16.2. The lowest BCUT2D eigenvalue weighted by Gasteiger charge is -2.26. The van der Waals surface area contributed by atoms with E-state index in [1.807, 2.05) is 6.07 Å². The molecule has 7 heteroatoms. The van der Waals surface area contributed by atoms with Crippen molar-refractivity contribution in [2.75, 3.05) is 26.3 Å². The fourth-order valence-corrected chi connectivity index (χ4v) is 3.36. The van der Waals surface area contributed by atoms with Crippen molar-refractivity contribution in [1.82, 2.24) is 15.1 Å². The van der Waals surface area contributed by atoms with Crippen LogP contribution in [0.2, 0.25) is 0 Å². The monoisotopic (exact) mass is 333 g/mol. The predicted molar refractivity (Wildman–Crippen MR) is 85.2 cm³/mol. The molecule has 2 aromatic rings. The maximum atomic E-state index is 5.79. The molecule has 130 valence electrons. The Balaban J connectivity index is 1.41. The van der Waals surface area contributed by atoms with Crippen LogP contribution in [0.4, 0.5) is 0 Å². The van der Waals surface area contributed by atoms with E-state index in [0.29, 0.717) is 36.3 Å². The van der Waals surface area contributed by atoms with Gasteiger partial charge in [0.2, 0.25) is 5.89 Å². The molecule has 4 heterocycles. The molecule has 2 aliphatic rings. The van der Waals surface area contributed by atoms with Gasteiger partial charge in [-0.3, -0.25) is 4.90 Å². The average molecular weight is 333 g/mol. The standard InChI is InChI=1S/C17H23N3O4/c1-4-13(21-7-1)10-20(11-14-5-2-8-22-14)12-16-18-19-17(24-16)15-6-3-9-23-15/h3,6,9,13-14H,1-2,4-5,7-8,10-12H2. The SMILES string of the molecule is c1coc(-c2nnc(CN(CC3CCCO3)CC3CCCO3)o2)c1. The van der Waals surface area contributed by atoms with Crippen molar-refractivity contribution in [3.8, 4) is 11.7 Å². The van der Waals surface area contributed by atoms with Crippen molar-refractivity contribution in [3.05, 3.63) is 24.3 Å². The number of furan rings is 1. The van der Waals surface area contributed by atoms with Gasteiger partial charge in [-0.1, -0.05) is 0 Å². The molecule has 0 N–H and O–H groups in total. The summed E-state index contributed by atoms with van der Waals surface area (Å²) in [6.45, 7) is 4.08. The van der Waals surface area contributed by atoms with Gasteiger partial charge in [0.25, 0.3) is 5.89 Å². The Morgan fingerprint density at radius 2 is 1.79 bits per heavy atom. The molecule has 0 spiro atoms. The van der Waals surface area contributed by atoms with Crippen molar-refractivity contribution < 1.29 is 18.3 Å². The van der Waals surface area contributed by atoms with E-state index in [9.17, 15) is 0 Å². The first-order valence-electron chi connectivity index (χ1n) is 8.68. The van der Waals surface area contributed by atoms with Crippen LogP contribution in [0.3, 0.4) is 0 Å². The normalized spacial score (nSPS) is 24.2. The second kappa shape index (κ2) is 7.46. The summed E-state index contributed by atoms with van der Waals surface area (Å²) in [5.41, 5.74) is 0. The first kappa shape index (κ1) is 15.8. The number of hydrogen-bond acceptors (Lipinski definition) is 7. The summed E-state index contributed by atoms with van der Waals surface area (Å²) in [6, 6.07) is 3.62. The summed E-state index contributed by atoms with van der Waals surface area (Å²) < 4.78 is 22.6. The van der Waals surface area contributed by atoms with Gasteiger partial charge >= 0.3 is 0 Å². The van der Waals surface area contributed by atoms with E-state index in [0.717, 1.165) is 52.0 Å². The minimum atomic E-state index is 0.291. The largest absolute Gasteiger partial charge is 0.459 e. The Morgan fingerprint density at radius 1 is 1.04 bits per heavy atom. The summed E-state index contributed by atoms with van der Waals surface area (Å²) >= 11 is 0. The highest BCUT2D eigenvalue weighted by Gasteiger charge is 2.25. The Hall–Kier alpha value is -1.70. The van der Waals surface area contributed by atoms with Crippen LogP contribution in [-0.2, 0) is 16.0 Å². The Kier molecular flexibility index (Phi) is 4.91. The first-order chi connectivity index (χ1) is 11.9. The number of aromatic nitrogens is 2. The second-order valence-electron chi connectivity index (χ2n) is 6.44. The van der Waals surface area contributed by atoms with Gasteiger partial charge in [0.1, 0.15) is 0 Å². The molecule has 2 aromatic heterocycles. The maximum Gasteiger partial charge on any atom is 0.283 e. The van der Waals surface area contributed by atoms with E-state index in [4.69, 9.17) is 18.3 Å². The minimum absolute atomic E-state index is 0.291. The zero-order valence-electron chi connectivity index (χ0n) is 13.7. The molecule has 4 rings (SSSR count). The van der Waals surface area contributed by atoms with Gasteiger partial charge in [-0.25, -0.2) is 0 Å². The number of rotatable bonds is 7. The molecule has 0 aliphatic carbocycles. The second-order valence-corrected chi connectivity index (χ2v) is 6.44. The highest BCUT2D eigenvalue weighted by atomic mass is 16.5. The Labute approximate surface area is 140 Å². The van der Waals surface area contributed by atoms with Crippen molar-refractivity contribution in [1.29, 1.82) is 0 Å². The molecular formula is C17H23N3O4. The third-order valence-electron chi connectivity index (χ3n) is 4.53. The number of ether oxygens (including phenoxy) is 2.